The van der Waals surface area contributed by atoms with Gasteiger partial charge in [-0.1, -0.05) is 4.98 Å². The molecule has 0 aliphatic carbocycles. The summed E-state index contributed by atoms with van der Waals surface area (Å²) in [7, 11) is 0. The van der Waals surface area contributed by atoms with Crippen LogP contribution in [0.1, 0.15) is 27.7 Å². The molecule has 4 heterocycles. The van der Waals surface area contributed by atoms with Gasteiger partial charge < -0.3 is 33.8 Å². The Hall–Kier alpha value is -1.59. The van der Waals surface area contributed by atoms with Gasteiger partial charge in [-0.2, -0.15) is 0 Å². The van der Waals surface area contributed by atoms with Crippen LogP contribution >= 0.6 is 0 Å². The SMILES string of the molecule is CC1(C)O[C@H]2[C@@H](O1)[C@@H](Cn1ccnc1[N+](=O)[O-])O[C@@H]1OC(C)(C)O[C@@H]12. The molecule has 3 fully saturated rings. The first-order chi connectivity index (χ1) is 11.7. The molecular weight excluding hydrogens is 334 g/mol. The second-order valence-corrected chi connectivity index (χ2v) is 7.34. The Balaban J connectivity index is 1.62. The van der Waals surface area contributed by atoms with Crippen molar-refractivity contribution < 1.29 is 28.6 Å². The number of rotatable bonds is 3. The molecule has 5 atom stereocenters. The highest BCUT2D eigenvalue weighted by atomic mass is 16.9. The Morgan fingerprint density at radius 2 is 1.76 bits per heavy atom. The minimum atomic E-state index is -0.803. The van der Waals surface area contributed by atoms with Gasteiger partial charge in [0.15, 0.2) is 17.9 Å². The van der Waals surface area contributed by atoms with E-state index >= 15 is 0 Å². The van der Waals surface area contributed by atoms with Gasteiger partial charge in [0.1, 0.15) is 43.4 Å². The maximum atomic E-state index is 11.1. The van der Waals surface area contributed by atoms with Crippen LogP contribution in [0, 0.1) is 10.1 Å². The van der Waals surface area contributed by atoms with Crippen LogP contribution in [0.15, 0.2) is 12.4 Å². The van der Waals surface area contributed by atoms with Gasteiger partial charge >= 0.3 is 5.95 Å². The topological polar surface area (TPSA) is 107 Å². The molecule has 0 unspecified atom stereocenters. The number of aromatic nitrogens is 2. The summed E-state index contributed by atoms with van der Waals surface area (Å²) in [5.41, 5.74) is 0. The van der Waals surface area contributed by atoms with Crippen molar-refractivity contribution in [3.05, 3.63) is 22.5 Å². The summed E-state index contributed by atoms with van der Waals surface area (Å²) in [6, 6.07) is 0. The zero-order chi connectivity index (χ0) is 18.0. The molecule has 0 spiro atoms. The summed E-state index contributed by atoms with van der Waals surface area (Å²) in [6.45, 7) is 7.45. The number of nitrogens with zero attached hydrogens (tertiary/aromatic N) is 3. The summed E-state index contributed by atoms with van der Waals surface area (Å²) in [4.78, 5) is 14.3. The molecule has 25 heavy (non-hydrogen) atoms. The zero-order valence-electron chi connectivity index (χ0n) is 14.4. The molecule has 3 aliphatic rings. The summed E-state index contributed by atoms with van der Waals surface area (Å²) in [5.74, 6) is -1.85. The number of nitro groups is 1. The Labute approximate surface area is 144 Å². The maximum absolute atomic E-state index is 11.1. The molecule has 138 valence electrons. The first-order valence-corrected chi connectivity index (χ1v) is 8.17. The van der Waals surface area contributed by atoms with E-state index in [1.54, 1.807) is 20.0 Å². The highest BCUT2D eigenvalue weighted by molar-refractivity contribution is 5.08. The quantitative estimate of drug-likeness (QED) is 0.588. The fourth-order valence-corrected chi connectivity index (χ4v) is 3.65. The minimum absolute atomic E-state index is 0.198. The number of ether oxygens (including phenoxy) is 5. The van der Waals surface area contributed by atoms with Crippen molar-refractivity contribution in [2.75, 3.05) is 0 Å². The average molecular weight is 355 g/mol. The van der Waals surface area contributed by atoms with Gasteiger partial charge in [-0.3, -0.25) is 0 Å². The molecule has 0 N–H and O–H groups in total. The molecule has 0 bridgehead atoms. The van der Waals surface area contributed by atoms with Crippen molar-refractivity contribution in [2.45, 2.75) is 76.5 Å². The molecular formula is C15H21N3O7. The van der Waals surface area contributed by atoms with Crippen molar-refractivity contribution in [3.63, 3.8) is 0 Å². The smallest absolute Gasteiger partial charge is 0.390 e. The summed E-state index contributed by atoms with van der Waals surface area (Å²) in [6.07, 6.45) is 0.559. The average Bonchev–Trinajstić information content (AvgIpc) is 3.13. The fourth-order valence-electron chi connectivity index (χ4n) is 3.65. The van der Waals surface area contributed by atoms with E-state index in [0.717, 1.165) is 0 Å². The Kier molecular flexibility index (Phi) is 3.68. The predicted molar refractivity (Wildman–Crippen MR) is 81.4 cm³/mol. The van der Waals surface area contributed by atoms with E-state index in [4.69, 9.17) is 23.7 Å². The predicted octanol–water partition coefficient (Wildman–Crippen LogP) is 1.19. The van der Waals surface area contributed by atoms with Crippen molar-refractivity contribution in [3.8, 4) is 0 Å². The molecule has 0 aromatic carbocycles. The van der Waals surface area contributed by atoms with Crippen LogP contribution in [0.25, 0.3) is 0 Å². The van der Waals surface area contributed by atoms with Crippen LogP contribution in [0.5, 0.6) is 0 Å². The Morgan fingerprint density at radius 3 is 2.48 bits per heavy atom. The van der Waals surface area contributed by atoms with E-state index in [2.05, 4.69) is 4.98 Å². The van der Waals surface area contributed by atoms with E-state index in [9.17, 15) is 10.1 Å². The zero-order valence-corrected chi connectivity index (χ0v) is 14.4. The normalized spacial score (nSPS) is 38.3. The first-order valence-electron chi connectivity index (χ1n) is 8.17. The molecule has 0 radical (unpaired) electrons. The third-order valence-electron chi connectivity index (χ3n) is 4.48. The van der Waals surface area contributed by atoms with Gasteiger partial charge in [-0.25, -0.2) is 4.57 Å². The van der Waals surface area contributed by atoms with Crippen LogP contribution in [-0.2, 0) is 30.2 Å². The molecule has 1 aromatic heterocycles. The van der Waals surface area contributed by atoms with Crippen LogP contribution < -0.4 is 0 Å². The fraction of sp³-hybridized carbons (Fsp3) is 0.800. The number of fused-ring (bicyclic) bond motifs is 3. The lowest BCUT2D eigenvalue weighted by Gasteiger charge is -2.36. The summed E-state index contributed by atoms with van der Waals surface area (Å²) >= 11 is 0. The number of hydrogen-bond acceptors (Lipinski definition) is 8. The van der Waals surface area contributed by atoms with Gasteiger partial charge in [0.25, 0.3) is 0 Å². The van der Waals surface area contributed by atoms with Gasteiger partial charge in [0.05, 0.1) is 0 Å². The van der Waals surface area contributed by atoms with Gasteiger partial charge in [0, 0.05) is 0 Å². The van der Waals surface area contributed by atoms with Crippen molar-refractivity contribution in [1.82, 2.24) is 9.55 Å². The van der Waals surface area contributed by atoms with E-state index in [1.807, 2.05) is 13.8 Å². The molecule has 3 saturated heterocycles. The first kappa shape index (κ1) is 16.9. The lowest BCUT2D eigenvalue weighted by Crippen LogP contribution is -2.56. The minimum Gasteiger partial charge on any atom is -0.390 e. The third kappa shape index (κ3) is 2.93. The summed E-state index contributed by atoms with van der Waals surface area (Å²) in [5, 5.41) is 11.1. The Bertz CT molecular complexity index is 688. The van der Waals surface area contributed by atoms with Crippen LogP contribution in [-0.4, -0.2) is 56.8 Å². The van der Waals surface area contributed by atoms with Crippen molar-refractivity contribution >= 4 is 5.95 Å². The van der Waals surface area contributed by atoms with Gasteiger partial charge in [-0.05, 0) is 32.6 Å². The molecule has 10 nitrogen and oxygen atoms in total. The molecule has 4 rings (SSSR count). The summed E-state index contributed by atoms with van der Waals surface area (Å²) < 4.78 is 31.2. The van der Waals surface area contributed by atoms with E-state index < -0.39 is 41.1 Å². The van der Waals surface area contributed by atoms with Crippen molar-refractivity contribution in [2.24, 2.45) is 0 Å². The number of hydrogen-bond donors (Lipinski definition) is 0. The highest BCUT2D eigenvalue weighted by Gasteiger charge is 2.61. The van der Waals surface area contributed by atoms with E-state index in [-0.39, 0.29) is 18.6 Å². The van der Waals surface area contributed by atoms with Crippen LogP contribution in [0.4, 0.5) is 5.95 Å². The standard InChI is InChI=1S/C15H21N3O7/c1-14(2)22-9-8(7-17-6-5-16-13(17)18(19)20)21-12-11(10(9)23-14)24-15(3,4)25-12/h5-6,8-12H,7H2,1-4H3/t8-,9+,10+,11-,12-/m1/s1. The third-order valence-corrected chi connectivity index (χ3v) is 4.48. The Morgan fingerprint density at radius 1 is 1.12 bits per heavy atom. The molecule has 10 heteroatoms. The maximum Gasteiger partial charge on any atom is 0.434 e. The number of imidazole rings is 1. The second kappa shape index (κ2) is 5.45. The molecule has 3 aliphatic heterocycles. The van der Waals surface area contributed by atoms with E-state index in [0.29, 0.717) is 0 Å². The second-order valence-electron chi connectivity index (χ2n) is 7.34. The lowest BCUT2D eigenvalue weighted by molar-refractivity contribution is -0.397. The van der Waals surface area contributed by atoms with Gasteiger partial charge in [-0.15, -0.1) is 0 Å². The molecule has 0 saturated carbocycles. The van der Waals surface area contributed by atoms with Gasteiger partial charge in [0.2, 0.25) is 0 Å². The lowest BCUT2D eigenvalue weighted by atomic mass is 9.99. The van der Waals surface area contributed by atoms with Crippen LogP contribution in [0.3, 0.4) is 0 Å². The van der Waals surface area contributed by atoms with E-state index in [1.165, 1.54) is 10.8 Å². The molecule has 0 amide bonds. The largest absolute Gasteiger partial charge is 0.434 e. The monoisotopic (exact) mass is 355 g/mol. The molecule has 1 aromatic rings. The van der Waals surface area contributed by atoms with Crippen molar-refractivity contribution in [1.29, 1.82) is 0 Å². The highest BCUT2D eigenvalue weighted by Crippen LogP contribution is 2.44. The van der Waals surface area contributed by atoms with Crippen LogP contribution in [0.2, 0.25) is 0 Å².